The Morgan fingerprint density at radius 1 is 1.10 bits per heavy atom. The van der Waals surface area contributed by atoms with Crippen molar-refractivity contribution < 1.29 is 22.5 Å². The zero-order valence-electron chi connectivity index (χ0n) is 23.1. The smallest absolute Gasteiger partial charge is 0.264 e. The number of aldehydes is 1. The molecule has 10 heteroatoms. The van der Waals surface area contributed by atoms with Gasteiger partial charge < -0.3 is 4.52 Å². The Labute approximate surface area is 234 Å². The first-order valence-electron chi connectivity index (χ1n) is 13.7. The molecule has 1 aliphatic carbocycles. The number of aromatic nitrogens is 1. The van der Waals surface area contributed by atoms with Crippen LogP contribution in [0.4, 0.5) is 5.88 Å². The minimum atomic E-state index is -4.06. The summed E-state index contributed by atoms with van der Waals surface area (Å²) in [6.45, 7) is 5.88. The molecule has 0 bridgehead atoms. The largest absolute Gasteiger partial charge is 0.337 e. The number of benzene rings is 2. The van der Waals surface area contributed by atoms with E-state index < -0.39 is 15.6 Å². The number of rotatable bonds is 10. The summed E-state index contributed by atoms with van der Waals surface area (Å²) in [7, 11) is -4.06. The Kier molecular flexibility index (Phi) is 7.63. The predicted octanol–water partition coefficient (Wildman–Crippen LogP) is 5.82. The molecule has 3 aromatic rings. The molecule has 2 aromatic carbocycles. The van der Waals surface area contributed by atoms with Gasteiger partial charge in [0.15, 0.2) is 6.29 Å². The second kappa shape index (κ2) is 11.0. The molecular formula is C30H34N4O5S. The summed E-state index contributed by atoms with van der Waals surface area (Å²) < 4.78 is 34.4. The normalized spacial score (nSPS) is 16.5. The molecule has 1 spiro atoms. The molecule has 1 fully saturated rings. The monoisotopic (exact) mass is 562 g/mol. The number of anilines is 1. The van der Waals surface area contributed by atoms with Crippen molar-refractivity contribution in [1.29, 1.82) is 0 Å². The third-order valence-electron chi connectivity index (χ3n) is 7.92. The number of sulfonamides is 1. The average Bonchev–Trinajstić information content (AvgIpc) is 3.63. The molecule has 40 heavy (non-hydrogen) atoms. The lowest BCUT2D eigenvalue weighted by molar-refractivity contribution is -0.131. The van der Waals surface area contributed by atoms with Crippen molar-refractivity contribution in [2.24, 2.45) is 4.99 Å². The summed E-state index contributed by atoms with van der Waals surface area (Å²) in [6.07, 6.45) is 6.98. The van der Waals surface area contributed by atoms with Crippen molar-refractivity contribution >= 4 is 33.9 Å². The summed E-state index contributed by atoms with van der Waals surface area (Å²) in [6, 6.07) is 11.8. The number of aliphatic imine (C=N–C) groups is 1. The van der Waals surface area contributed by atoms with Crippen molar-refractivity contribution in [2.45, 2.75) is 82.7 Å². The van der Waals surface area contributed by atoms with Crippen LogP contribution < -0.4 is 4.72 Å². The quantitative estimate of drug-likeness (QED) is 0.311. The zero-order chi connectivity index (χ0) is 28.5. The van der Waals surface area contributed by atoms with Gasteiger partial charge in [-0.15, -0.1) is 0 Å². The third-order valence-corrected chi connectivity index (χ3v) is 9.31. The van der Waals surface area contributed by atoms with Crippen LogP contribution in [0.3, 0.4) is 0 Å². The van der Waals surface area contributed by atoms with E-state index in [0.29, 0.717) is 34.5 Å². The highest BCUT2D eigenvalue weighted by molar-refractivity contribution is 7.92. The van der Waals surface area contributed by atoms with Crippen LogP contribution >= 0.6 is 0 Å². The number of nitrogens with one attached hydrogen (secondary N) is 1. The van der Waals surface area contributed by atoms with E-state index in [0.717, 1.165) is 62.6 Å². The lowest BCUT2D eigenvalue weighted by Gasteiger charge is -2.23. The highest BCUT2D eigenvalue weighted by atomic mass is 32.2. The molecule has 2 heterocycles. The van der Waals surface area contributed by atoms with E-state index in [4.69, 9.17) is 9.52 Å². The molecule has 1 amide bonds. The first kappa shape index (κ1) is 27.8. The molecular weight excluding hydrogens is 528 g/mol. The van der Waals surface area contributed by atoms with Gasteiger partial charge in [-0.2, -0.15) is 0 Å². The standard InChI is InChI=1S/C30H34N4O5S/c1-4-5-12-27-31-30(15-8-9-16-30)29(36)34(27)18-22-13-14-24(23(17-22)19-35)25-10-6-7-11-26(25)40(37,38)33-28-20(2)21(3)32-39-28/h6-7,10-11,13-14,17,19,33H,4-5,8-9,12,15-16,18H2,1-3H3. The molecule has 1 saturated carbocycles. The van der Waals surface area contributed by atoms with E-state index >= 15 is 0 Å². The lowest BCUT2D eigenvalue weighted by Crippen LogP contribution is -2.40. The molecule has 1 aliphatic heterocycles. The van der Waals surface area contributed by atoms with Crippen LogP contribution in [-0.2, 0) is 21.4 Å². The highest BCUT2D eigenvalue weighted by Crippen LogP contribution is 2.40. The minimum Gasteiger partial charge on any atom is -0.337 e. The molecule has 210 valence electrons. The van der Waals surface area contributed by atoms with Crippen molar-refractivity contribution in [3.63, 3.8) is 0 Å². The van der Waals surface area contributed by atoms with Crippen LogP contribution in [0, 0.1) is 13.8 Å². The van der Waals surface area contributed by atoms with E-state index in [-0.39, 0.29) is 16.7 Å². The Hall–Kier alpha value is -3.79. The van der Waals surface area contributed by atoms with Gasteiger partial charge in [0.05, 0.1) is 17.1 Å². The Morgan fingerprint density at radius 3 is 2.52 bits per heavy atom. The Balaban J connectivity index is 1.46. The van der Waals surface area contributed by atoms with Crippen LogP contribution in [-0.4, -0.2) is 42.0 Å². The van der Waals surface area contributed by atoms with Gasteiger partial charge in [0.25, 0.3) is 15.9 Å². The maximum Gasteiger partial charge on any atom is 0.264 e. The molecule has 0 radical (unpaired) electrons. The van der Waals surface area contributed by atoms with Gasteiger partial charge in [-0.3, -0.25) is 19.5 Å². The first-order chi connectivity index (χ1) is 19.2. The van der Waals surface area contributed by atoms with E-state index in [9.17, 15) is 18.0 Å². The van der Waals surface area contributed by atoms with E-state index in [2.05, 4.69) is 16.8 Å². The van der Waals surface area contributed by atoms with Gasteiger partial charge in [0.1, 0.15) is 11.4 Å². The fourth-order valence-electron chi connectivity index (χ4n) is 5.54. The zero-order valence-corrected chi connectivity index (χ0v) is 23.9. The Bertz CT molecular complexity index is 1590. The number of hydrogen-bond acceptors (Lipinski definition) is 7. The Morgan fingerprint density at radius 2 is 1.85 bits per heavy atom. The lowest BCUT2D eigenvalue weighted by atomic mass is 9.96. The van der Waals surface area contributed by atoms with Crippen LogP contribution in [0.2, 0.25) is 0 Å². The topological polar surface area (TPSA) is 122 Å². The van der Waals surface area contributed by atoms with Gasteiger partial charge in [-0.05, 0) is 56.4 Å². The van der Waals surface area contributed by atoms with Crippen LogP contribution in [0.5, 0.6) is 0 Å². The van der Waals surface area contributed by atoms with Crippen LogP contribution in [0.25, 0.3) is 11.1 Å². The predicted molar refractivity (Wildman–Crippen MR) is 153 cm³/mol. The number of aryl methyl sites for hydroxylation is 1. The van der Waals surface area contributed by atoms with E-state index in [1.165, 1.54) is 6.07 Å². The summed E-state index contributed by atoms with van der Waals surface area (Å²) in [5.41, 5.74) is 2.53. The number of nitrogens with zero attached hydrogens (tertiary/aromatic N) is 3. The average molecular weight is 563 g/mol. The summed E-state index contributed by atoms with van der Waals surface area (Å²) >= 11 is 0. The van der Waals surface area contributed by atoms with Crippen LogP contribution in [0.1, 0.15) is 79.0 Å². The van der Waals surface area contributed by atoms with E-state index in [1.807, 2.05) is 6.07 Å². The van der Waals surface area contributed by atoms with Gasteiger partial charge in [-0.25, -0.2) is 13.1 Å². The van der Waals surface area contributed by atoms with Crippen molar-refractivity contribution in [1.82, 2.24) is 10.1 Å². The molecule has 1 aromatic heterocycles. The van der Waals surface area contributed by atoms with E-state index in [1.54, 1.807) is 49.1 Å². The number of amidine groups is 1. The van der Waals surface area contributed by atoms with Crippen molar-refractivity contribution in [2.75, 3.05) is 4.72 Å². The molecule has 0 unspecified atom stereocenters. The molecule has 0 saturated heterocycles. The fraction of sp³-hybridized carbons (Fsp3) is 0.400. The minimum absolute atomic E-state index is 0.00573. The number of amides is 1. The van der Waals surface area contributed by atoms with Gasteiger partial charge in [0, 0.05) is 23.1 Å². The van der Waals surface area contributed by atoms with Gasteiger partial charge in [0.2, 0.25) is 5.88 Å². The van der Waals surface area contributed by atoms with Crippen LogP contribution in [0.15, 0.2) is 56.9 Å². The third kappa shape index (κ3) is 5.08. The maximum atomic E-state index is 13.5. The number of hydrogen-bond donors (Lipinski definition) is 1. The van der Waals surface area contributed by atoms with Gasteiger partial charge in [-0.1, -0.05) is 61.7 Å². The molecule has 9 nitrogen and oxygen atoms in total. The number of carbonyl (C=O) groups is 2. The number of carbonyl (C=O) groups excluding carboxylic acids is 2. The van der Waals surface area contributed by atoms with Crippen molar-refractivity contribution in [3.05, 3.63) is 64.8 Å². The SMILES string of the molecule is CCCCC1=NC2(CCCC2)C(=O)N1Cc1ccc(-c2ccccc2S(=O)(=O)Nc2onc(C)c2C)c(C=O)c1. The summed E-state index contributed by atoms with van der Waals surface area (Å²) in [5, 5.41) is 3.82. The second-order valence-electron chi connectivity index (χ2n) is 10.6. The first-order valence-corrected chi connectivity index (χ1v) is 15.2. The maximum absolute atomic E-state index is 13.5. The molecule has 1 N–H and O–H groups in total. The second-order valence-corrected chi connectivity index (χ2v) is 12.3. The molecule has 0 atom stereocenters. The summed E-state index contributed by atoms with van der Waals surface area (Å²) in [4.78, 5) is 32.5. The fourth-order valence-corrected chi connectivity index (χ4v) is 6.81. The molecule has 2 aliphatic rings. The molecule has 5 rings (SSSR count). The van der Waals surface area contributed by atoms with Gasteiger partial charge >= 0.3 is 0 Å². The highest BCUT2D eigenvalue weighted by Gasteiger charge is 2.49. The summed E-state index contributed by atoms with van der Waals surface area (Å²) in [5.74, 6) is 0.924. The van der Waals surface area contributed by atoms with Crippen molar-refractivity contribution in [3.8, 4) is 11.1 Å². The number of unbranched alkanes of at least 4 members (excludes halogenated alkanes) is 1.